The minimum absolute atomic E-state index is 0. The molecule has 6 aromatic carbocycles. The van der Waals surface area contributed by atoms with Crippen molar-refractivity contribution in [2.45, 2.75) is 207 Å². The van der Waals surface area contributed by atoms with Crippen molar-refractivity contribution in [3.05, 3.63) is 129 Å². The summed E-state index contributed by atoms with van der Waals surface area (Å²) in [5.41, 5.74) is 18.8. The van der Waals surface area contributed by atoms with Gasteiger partial charge in [0.25, 0.3) is 0 Å². The molecule has 2 aliphatic carbocycles. The first-order valence-electron chi connectivity index (χ1n) is 24.0. The number of benzene rings is 4. The molecule has 0 aliphatic heterocycles. The van der Waals surface area contributed by atoms with Crippen LogP contribution >= 0.6 is 0 Å². The molecule has 3 heteroatoms. The topological polar surface area (TPSA) is 0 Å². The molecule has 0 heterocycles. The second kappa shape index (κ2) is 18.1. The first kappa shape index (κ1) is 55.1. The third-order valence-electron chi connectivity index (χ3n) is 15.4. The van der Waals surface area contributed by atoms with E-state index < -0.39 is 0 Å². The van der Waals surface area contributed by atoms with Crippen LogP contribution in [0.25, 0.3) is 43.8 Å². The summed E-state index contributed by atoms with van der Waals surface area (Å²) in [6.07, 6.45) is 5.03. The van der Waals surface area contributed by atoms with Crippen molar-refractivity contribution in [3.8, 4) is 22.3 Å². The van der Waals surface area contributed by atoms with E-state index in [1.165, 1.54) is 91.7 Å². The quantitative estimate of drug-likeness (QED) is 0.120. The van der Waals surface area contributed by atoms with E-state index >= 15 is 0 Å². The van der Waals surface area contributed by atoms with Crippen LogP contribution in [0.15, 0.2) is 84.9 Å². The molecule has 0 aromatic heterocycles. The van der Waals surface area contributed by atoms with E-state index in [1.54, 1.807) is 22.3 Å². The Bertz CT molecular complexity index is 2300. The molecular formula is C62H82Cl2Hf. The Balaban J connectivity index is 0.000000272. The molecule has 0 spiro atoms. The van der Waals surface area contributed by atoms with E-state index in [0.29, 0.717) is 0 Å². The van der Waals surface area contributed by atoms with Gasteiger partial charge in [0.15, 0.2) is 0 Å². The van der Waals surface area contributed by atoms with E-state index in [9.17, 15) is 0 Å². The standard InChI is InChI=1S/2C31H41.2ClH.Hf/c2*1-28(2,3)24-15-23(16-25(19-24)29(4,5)6)20-13-21-17-26-27(18-22(21)14-20)31(9,10)12-11-30(26,7)8;;;/h2*13-19H,11-12H2,1-10H3;2*1H;/q2*-1;;;+4/p-2. The molecule has 0 N–H and O–H groups in total. The zero-order valence-electron chi connectivity index (χ0n) is 44.2. The molecule has 348 valence electrons. The van der Waals surface area contributed by atoms with E-state index in [4.69, 9.17) is 0 Å². The van der Waals surface area contributed by atoms with Crippen LogP contribution in [-0.2, 0) is 69.2 Å². The number of halogens is 2. The Kier molecular flexibility index (Phi) is 15.4. The Morgan fingerprint density at radius 2 is 0.569 bits per heavy atom. The van der Waals surface area contributed by atoms with Gasteiger partial charge in [-0.2, -0.15) is 0 Å². The van der Waals surface area contributed by atoms with E-state index in [0.717, 1.165) is 0 Å². The maximum Gasteiger partial charge on any atom is 4.00 e. The van der Waals surface area contributed by atoms with Crippen LogP contribution < -0.4 is 24.8 Å². The van der Waals surface area contributed by atoms with Crippen LogP contribution in [0, 0.1) is 0 Å². The summed E-state index contributed by atoms with van der Waals surface area (Å²) in [6, 6.07) is 34.1. The zero-order chi connectivity index (χ0) is 46.0. The van der Waals surface area contributed by atoms with Crippen LogP contribution in [-0.4, -0.2) is 0 Å². The summed E-state index contributed by atoms with van der Waals surface area (Å²) >= 11 is 0. The molecule has 0 saturated heterocycles. The Hall–Kier alpha value is -2.45. The smallest absolute Gasteiger partial charge is 1.00 e. The van der Waals surface area contributed by atoms with Gasteiger partial charge in [-0.15, -0.1) is 69.1 Å². The fourth-order valence-electron chi connectivity index (χ4n) is 10.2. The zero-order valence-corrected chi connectivity index (χ0v) is 49.3. The van der Waals surface area contributed by atoms with Crippen molar-refractivity contribution in [2.24, 2.45) is 0 Å². The van der Waals surface area contributed by atoms with Gasteiger partial charge in [0.2, 0.25) is 0 Å². The summed E-state index contributed by atoms with van der Waals surface area (Å²) in [5, 5.41) is 5.55. The van der Waals surface area contributed by atoms with Gasteiger partial charge >= 0.3 is 25.8 Å². The molecule has 0 nitrogen and oxygen atoms in total. The summed E-state index contributed by atoms with van der Waals surface area (Å²) in [7, 11) is 0. The van der Waals surface area contributed by atoms with Crippen LogP contribution in [0.3, 0.4) is 0 Å². The number of rotatable bonds is 2. The molecule has 8 rings (SSSR count). The average Bonchev–Trinajstić information content (AvgIpc) is 3.77. The fraction of sp³-hybridized carbons (Fsp3) is 0.516. The second-order valence-corrected chi connectivity index (χ2v) is 26.7. The summed E-state index contributed by atoms with van der Waals surface area (Å²) in [6.45, 7) is 47.1. The molecule has 0 bridgehead atoms. The van der Waals surface area contributed by atoms with Crippen LogP contribution in [0.5, 0.6) is 0 Å². The van der Waals surface area contributed by atoms with Gasteiger partial charge in [0.05, 0.1) is 0 Å². The van der Waals surface area contributed by atoms with E-state index in [2.05, 4.69) is 223 Å². The molecule has 65 heavy (non-hydrogen) atoms. The first-order valence-corrected chi connectivity index (χ1v) is 24.0. The average molecular weight is 1080 g/mol. The van der Waals surface area contributed by atoms with Gasteiger partial charge in [0, 0.05) is 0 Å². The molecule has 6 aromatic rings. The number of hydrogen-bond donors (Lipinski definition) is 0. The molecule has 0 saturated carbocycles. The monoisotopic (exact) mass is 1080 g/mol. The number of fused-ring (bicyclic) bond motifs is 4. The molecule has 2 aliphatic rings. The summed E-state index contributed by atoms with van der Waals surface area (Å²) in [5.74, 6) is 0. The Labute approximate surface area is 428 Å². The Morgan fingerprint density at radius 3 is 0.800 bits per heavy atom. The van der Waals surface area contributed by atoms with Crippen molar-refractivity contribution < 1.29 is 50.7 Å². The molecule has 0 fully saturated rings. The van der Waals surface area contributed by atoms with Gasteiger partial charge in [-0.1, -0.05) is 220 Å². The van der Waals surface area contributed by atoms with Crippen molar-refractivity contribution in [2.75, 3.05) is 0 Å². The van der Waals surface area contributed by atoms with Gasteiger partial charge in [0.1, 0.15) is 0 Å². The van der Waals surface area contributed by atoms with Gasteiger partial charge in [-0.3, -0.25) is 0 Å². The molecule has 0 radical (unpaired) electrons. The van der Waals surface area contributed by atoms with Gasteiger partial charge in [-0.05, 0) is 91.3 Å². The van der Waals surface area contributed by atoms with E-state index in [1.807, 2.05) is 0 Å². The SMILES string of the molecule is CC(C)(C)c1cc(-c2cc3cc4c(cc3[cH-]2)C(C)(C)CCC4(C)C)cc(C(C)(C)C)c1.CC(C)(C)c1cc(-c2cc3cc4c(cc3[cH-]2)C(C)(C)CCC4(C)C)cc(C(C)(C)C)c1.[Cl-].[Cl-].[Hf+4]. The summed E-state index contributed by atoms with van der Waals surface area (Å²) in [4.78, 5) is 0. The summed E-state index contributed by atoms with van der Waals surface area (Å²) < 4.78 is 0. The number of hydrogen-bond acceptors (Lipinski definition) is 0. The third-order valence-corrected chi connectivity index (χ3v) is 15.4. The van der Waals surface area contributed by atoms with Crippen molar-refractivity contribution >= 4 is 21.5 Å². The normalized spacial score (nSPS) is 17.4. The van der Waals surface area contributed by atoms with Crippen LogP contribution in [0.1, 0.15) is 209 Å². The predicted molar refractivity (Wildman–Crippen MR) is 275 cm³/mol. The Morgan fingerprint density at radius 1 is 0.338 bits per heavy atom. The molecule has 0 unspecified atom stereocenters. The van der Waals surface area contributed by atoms with Gasteiger partial charge in [-0.25, -0.2) is 0 Å². The maximum atomic E-state index is 2.49. The molecule has 0 atom stereocenters. The van der Waals surface area contributed by atoms with Crippen molar-refractivity contribution in [1.82, 2.24) is 0 Å². The first-order chi connectivity index (χ1) is 28.2. The van der Waals surface area contributed by atoms with Crippen LogP contribution in [0.4, 0.5) is 0 Å². The second-order valence-electron chi connectivity index (χ2n) is 26.7. The van der Waals surface area contributed by atoms with Crippen molar-refractivity contribution in [1.29, 1.82) is 0 Å². The van der Waals surface area contributed by atoms with Crippen LogP contribution in [0.2, 0.25) is 0 Å². The molecule has 0 amide bonds. The maximum absolute atomic E-state index is 2.49. The largest absolute Gasteiger partial charge is 4.00 e. The minimum Gasteiger partial charge on any atom is -1.00 e. The van der Waals surface area contributed by atoms with Crippen molar-refractivity contribution in [3.63, 3.8) is 0 Å². The minimum atomic E-state index is 0. The third kappa shape index (κ3) is 11.2. The fourth-order valence-corrected chi connectivity index (χ4v) is 10.2. The van der Waals surface area contributed by atoms with E-state index in [-0.39, 0.29) is 94.0 Å². The molecular weight excluding hydrogens is 994 g/mol. The van der Waals surface area contributed by atoms with Gasteiger partial charge < -0.3 is 24.8 Å². The predicted octanol–water partition coefficient (Wildman–Crippen LogP) is 12.3.